The summed E-state index contributed by atoms with van der Waals surface area (Å²) in [6.45, 7) is 5.26. The summed E-state index contributed by atoms with van der Waals surface area (Å²) in [6, 6.07) is 7.20. The first-order valence-electron chi connectivity index (χ1n) is 11.6. The molecule has 0 spiro atoms. The second-order valence-electron chi connectivity index (χ2n) is 8.67. The highest BCUT2D eigenvalue weighted by Crippen LogP contribution is 2.27. The number of likely N-dealkylation sites (tertiary alicyclic amines) is 1. The largest absolute Gasteiger partial charge is 0.490 e. The number of unbranched alkanes of at least 4 members (excludes halogenated alkanes) is 2. The highest BCUT2D eigenvalue weighted by molar-refractivity contribution is 6.30. The van der Waals surface area contributed by atoms with E-state index in [1.807, 2.05) is 21.9 Å². The number of hydrogen-bond acceptors (Lipinski definition) is 4. The summed E-state index contributed by atoms with van der Waals surface area (Å²) < 4.78 is 12.2. The van der Waals surface area contributed by atoms with Crippen molar-refractivity contribution in [2.24, 2.45) is 0 Å². The van der Waals surface area contributed by atoms with Gasteiger partial charge in [0.2, 0.25) is 11.8 Å². The molecule has 6 nitrogen and oxygen atoms in total. The zero-order valence-corrected chi connectivity index (χ0v) is 19.4. The third-order valence-corrected chi connectivity index (χ3v) is 6.31. The van der Waals surface area contributed by atoms with Crippen LogP contribution in [-0.2, 0) is 14.3 Å². The Labute approximate surface area is 190 Å². The van der Waals surface area contributed by atoms with E-state index in [1.54, 1.807) is 12.1 Å². The molecule has 0 unspecified atom stereocenters. The Balaban J connectivity index is 1.70. The molecule has 0 radical (unpaired) electrons. The van der Waals surface area contributed by atoms with Crippen LogP contribution in [0.25, 0.3) is 0 Å². The minimum Gasteiger partial charge on any atom is -0.490 e. The molecule has 0 aromatic heterocycles. The van der Waals surface area contributed by atoms with E-state index in [0.29, 0.717) is 36.9 Å². The van der Waals surface area contributed by atoms with Crippen molar-refractivity contribution in [1.29, 1.82) is 0 Å². The van der Waals surface area contributed by atoms with E-state index >= 15 is 0 Å². The molecule has 0 saturated carbocycles. The smallest absolute Gasteiger partial charge is 0.225 e. The van der Waals surface area contributed by atoms with Crippen LogP contribution in [-0.4, -0.2) is 66.6 Å². The summed E-state index contributed by atoms with van der Waals surface area (Å²) in [5.74, 6) is 0.844. The second-order valence-corrected chi connectivity index (χ2v) is 9.10. The SMILES string of the molecule is CCCCCC(=O)N1CCO[C@](COc2cccc(Cl)c2)(CC(=O)N2CCCCC2)C1. The predicted octanol–water partition coefficient (Wildman–Crippen LogP) is 4.30. The van der Waals surface area contributed by atoms with Crippen LogP contribution in [0.5, 0.6) is 5.75 Å². The van der Waals surface area contributed by atoms with Crippen molar-refractivity contribution in [3.63, 3.8) is 0 Å². The van der Waals surface area contributed by atoms with Crippen LogP contribution in [0, 0.1) is 0 Å². The van der Waals surface area contributed by atoms with Crippen LogP contribution in [0.2, 0.25) is 5.02 Å². The summed E-state index contributed by atoms with van der Waals surface area (Å²) in [6.07, 6.45) is 7.03. The number of nitrogens with zero attached hydrogens (tertiary/aromatic N) is 2. The average Bonchev–Trinajstić information content (AvgIpc) is 2.79. The number of benzene rings is 1. The van der Waals surface area contributed by atoms with Gasteiger partial charge in [-0.05, 0) is 43.9 Å². The molecular weight excluding hydrogens is 416 g/mol. The first-order chi connectivity index (χ1) is 15.0. The summed E-state index contributed by atoms with van der Waals surface area (Å²) in [7, 11) is 0. The molecule has 1 aromatic carbocycles. The lowest BCUT2D eigenvalue weighted by Crippen LogP contribution is -2.58. The van der Waals surface area contributed by atoms with Gasteiger partial charge in [0.1, 0.15) is 18.0 Å². The predicted molar refractivity (Wildman–Crippen MR) is 121 cm³/mol. The second kappa shape index (κ2) is 11.7. The molecule has 7 heteroatoms. The maximum Gasteiger partial charge on any atom is 0.225 e. The zero-order chi connectivity index (χ0) is 22.1. The lowest BCUT2D eigenvalue weighted by atomic mass is 9.95. The third kappa shape index (κ3) is 7.11. The van der Waals surface area contributed by atoms with Crippen molar-refractivity contribution in [3.05, 3.63) is 29.3 Å². The Hall–Kier alpha value is -1.79. The number of ether oxygens (including phenoxy) is 2. The molecule has 1 atom stereocenters. The fourth-order valence-corrected chi connectivity index (χ4v) is 4.47. The van der Waals surface area contributed by atoms with Crippen molar-refractivity contribution in [3.8, 4) is 5.75 Å². The lowest BCUT2D eigenvalue weighted by Gasteiger charge is -2.43. The van der Waals surface area contributed by atoms with Crippen molar-refractivity contribution in [2.75, 3.05) is 39.4 Å². The van der Waals surface area contributed by atoms with Crippen molar-refractivity contribution >= 4 is 23.4 Å². The molecule has 2 amide bonds. The Morgan fingerprint density at radius 2 is 1.90 bits per heavy atom. The van der Waals surface area contributed by atoms with Crippen LogP contribution < -0.4 is 4.74 Å². The van der Waals surface area contributed by atoms with Crippen LogP contribution in [0.4, 0.5) is 0 Å². The average molecular weight is 451 g/mol. The molecule has 2 fully saturated rings. The first-order valence-corrected chi connectivity index (χ1v) is 12.0. The molecule has 172 valence electrons. The molecule has 1 aromatic rings. The highest BCUT2D eigenvalue weighted by Gasteiger charge is 2.42. The van der Waals surface area contributed by atoms with Gasteiger partial charge >= 0.3 is 0 Å². The van der Waals surface area contributed by atoms with Crippen LogP contribution in [0.3, 0.4) is 0 Å². The maximum absolute atomic E-state index is 13.1. The summed E-state index contributed by atoms with van der Waals surface area (Å²) >= 11 is 6.09. The van der Waals surface area contributed by atoms with Gasteiger partial charge < -0.3 is 19.3 Å². The van der Waals surface area contributed by atoms with E-state index in [1.165, 1.54) is 6.42 Å². The topological polar surface area (TPSA) is 59.1 Å². The lowest BCUT2D eigenvalue weighted by molar-refractivity contribution is -0.166. The number of hydrogen-bond donors (Lipinski definition) is 0. The van der Waals surface area contributed by atoms with E-state index in [2.05, 4.69) is 6.92 Å². The normalized spacial score (nSPS) is 21.7. The van der Waals surface area contributed by atoms with Crippen molar-refractivity contribution < 1.29 is 19.1 Å². The number of amides is 2. The van der Waals surface area contributed by atoms with E-state index in [9.17, 15) is 9.59 Å². The molecule has 0 N–H and O–H groups in total. The molecule has 3 rings (SSSR count). The summed E-state index contributed by atoms with van der Waals surface area (Å²) in [5, 5.41) is 0.591. The molecular formula is C24H35ClN2O4. The Morgan fingerprint density at radius 1 is 1.10 bits per heavy atom. The van der Waals surface area contributed by atoms with Gasteiger partial charge in [-0.2, -0.15) is 0 Å². The number of piperidine rings is 1. The van der Waals surface area contributed by atoms with Crippen LogP contribution in [0.1, 0.15) is 58.3 Å². The molecule has 2 heterocycles. The minimum absolute atomic E-state index is 0.0784. The Kier molecular flexibility index (Phi) is 9.02. The zero-order valence-electron chi connectivity index (χ0n) is 18.6. The number of carbonyl (C=O) groups excluding carboxylic acids is 2. The van der Waals surface area contributed by atoms with Crippen LogP contribution in [0.15, 0.2) is 24.3 Å². The third-order valence-electron chi connectivity index (χ3n) is 6.08. The van der Waals surface area contributed by atoms with Gasteiger partial charge in [0.05, 0.1) is 19.6 Å². The van der Waals surface area contributed by atoms with Gasteiger partial charge in [-0.3, -0.25) is 9.59 Å². The van der Waals surface area contributed by atoms with Gasteiger partial charge in [0.15, 0.2) is 0 Å². The van der Waals surface area contributed by atoms with E-state index < -0.39 is 5.60 Å². The highest BCUT2D eigenvalue weighted by atomic mass is 35.5. The van der Waals surface area contributed by atoms with E-state index in [4.69, 9.17) is 21.1 Å². The summed E-state index contributed by atoms with van der Waals surface area (Å²) in [4.78, 5) is 29.7. The molecule has 2 aliphatic heterocycles. The number of morpholine rings is 1. The quantitative estimate of drug-likeness (QED) is 0.526. The number of rotatable bonds is 9. The number of halogens is 1. The van der Waals surface area contributed by atoms with Crippen molar-refractivity contribution in [2.45, 2.75) is 63.9 Å². The number of carbonyl (C=O) groups is 2. The van der Waals surface area contributed by atoms with Gasteiger partial charge in [-0.15, -0.1) is 0 Å². The minimum atomic E-state index is -0.852. The molecule has 31 heavy (non-hydrogen) atoms. The van der Waals surface area contributed by atoms with E-state index in [0.717, 1.165) is 45.2 Å². The Bertz CT molecular complexity index is 738. The van der Waals surface area contributed by atoms with Gasteiger partial charge in [0, 0.05) is 31.1 Å². The van der Waals surface area contributed by atoms with Gasteiger partial charge in [-0.1, -0.05) is 37.4 Å². The van der Waals surface area contributed by atoms with E-state index in [-0.39, 0.29) is 24.8 Å². The molecule has 2 aliphatic rings. The molecule has 0 bridgehead atoms. The molecule has 2 saturated heterocycles. The van der Waals surface area contributed by atoms with Crippen molar-refractivity contribution in [1.82, 2.24) is 9.80 Å². The standard InChI is InChI=1S/C24H35ClN2O4/c1-2-3-5-11-22(28)27-14-15-31-24(18-27,17-23(29)26-12-6-4-7-13-26)19-30-21-10-8-9-20(25)16-21/h8-10,16H,2-7,11-15,17-19H2,1H3/t24-/m1/s1. The maximum atomic E-state index is 13.1. The summed E-state index contributed by atoms with van der Waals surface area (Å²) in [5.41, 5.74) is -0.852. The first kappa shape index (κ1) is 23.9. The monoisotopic (exact) mass is 450 g/mol. The van der Waals surface area contributed by atoms with Crippen LogP contribution >= 0.6 is 11.6 Å². The fraction of sp³-hybridized carbons (Fsp3) is 0.667. The van der Waals surface area contributed by atoms with Gasteiger partial charge in [0.25, 0.3) is 0 Å². The molecule has 0 aliphatic carbocycles. The van der Waals surface area contributed by atoms with Gasteiger partial charge in [-0.25, -0.2) is 0 Å². The fourth-order valence-electron chi connectivity index (χ4n) is 4.29. The Morgan fingerprint density at radius 3 is 2.65 bits per heavy atom.